The molecule has 5 heteroatoms. The first-order valence-corrected chi connectivity index (χ1v) is 9.52. The highest BCUT2D eigenvalue weighted by Gasteiger charge is 2.27. The summed E-state index contributed by atoms with van der Waals surface area (Å²) >= 11 is 1.72. The third-order valence-corrected chi connectivity index (χ3v) is 5.84. The van der Waals surface area contributed by atoms with Crippen LogP contribution in [0.2, 0.25) is 0 Å². The van der Waals surface area contributed by atoms with E-state index in [4.69, 9.17) is 4.98 Å². The van der Waals surface area contributed by atoms with Gasteiger partial charge in [-0.2, -0.15) is 0 Å². The molecule has 0 saturated carbocycles. The Morgan fingerprint density at radius 3 is 2.96 bits per heavy atom. The van der Waals surface area contributed by atoms with E-state index in [0.29, 0.717) is 5.39 Å². The molecule has 1 unspecified atom stereocenters. The average Bonchev–Trinajstić information content (AvgIpc) is 2.99. The van der Waals surface area contributed by atoms with Crippen LogP contribution in [0.1, 0.15) is 38.6 Å². The van der Waals surface area contributed by atoms with Crippen molar-refractivity contribution in [3.05, 3.63) is 39.9 Å². The van der Waals surface area contributed by atoms with Gasteiger partial charge in [0.15, 0.2) is 0 Å². The van der Waals surface area contributed by atoms with Crippen LogP contribution in [-0.4, -0.2) is 26.4 Å². The molecule has 1 atom stereocenters. The highest BCUT2D eigenvalue weighted by molar-refractivity contribution is 8.14. The highest BCUT2D eigenvalue weighted by Crippen LogP contribution is 2.29. The second kappa shape index (κ2) is 6.03. The molecule has 2 aliphatic heterocycles. The van der Waals surface area contributed by atoms with E-state index in [9.17, 15) is 4.79 Å². The molecule has 1 aromatic heterocycles. The van der Waals surface area contributed by atoms with Gasteiger partial charge in [-0.3, -0.25) is 14.4 Å². The van der Waals surface area contributed by atoms with E-state index in [0.717, 1.165) is 47.9 Å². The molecule has 0 saturated heterocycles. The van der Waals surface area contributed by atoms with Gasteiger partial charge >= 0.3 is 0 Å². The molecule has 0 N–H and O–H groups in total. The van der Waals surface area contributed by atoms with Crippen LogP contribution < -0.4 is 5.56 Å². The lowest BCUT2D eigenvalue weighted by molar-refractivity contribution is 0.240. The number of aryl methyl sites for hydroxylation is 1. The van der Waals surface area contributed by atoms with Gasteiger partial charge in [0.05, 0.1) is 27.7 Å². The van der Waals surface area contributed by atoms with Crippen LogP contribution in [0.4, 0.5) is 0 Å². The molecular weight excluding hydrogens is 330 g/mol. The molecule has 3 heterocycles. The average molecular weight is 351 g/mol. The Labute approximate surface area is 151 Å². The number of thioether (sulfide) groups is 1. The number of hydrogen-bond acceptors (Lipinski definition) is 4. The van der Waals surface area contributed by atoms with Crippen LogP contribution in [0.5, 0.6) is 0 Å². The molecular formula is C20H21N3OS. The largest absolute Gasteiger partial charge is 0.296 e. The second-order valence-electron chi connectivity index (χ2n) is 7.55. The molecule has 1 aromatic carbocycles. The quantitative estimate of drug-likeness (QED) is 0.685. The minimum atomic E-state index is 0.0719. The molecule has 0 radical (unpaired) electrons. The smallest absolute Gasteiger partial charge is 0.261 e. The van der Waals surface area contributed by atoms with Crippen LogP contribution >= 0.6 is 11.8 Å². The molecule has 0 bridgehead atoms. The van der Waals surface area contributed by atoms with Crippen LogP contribution in [0.3, 0.4) is 0 Å². The molecule has 128 valence electrons. The normalized spacial score (nSPS) is 21.4. The molecule has 0 aliphatic carbocycles. The van der Waals surface area contributed by atoms with E-state index in [1.807, 2.05) is 29.7 Å². The summed E-state index contributed by atoms with van der Waals surface area (Å²) in [5, 5.41) is 2.02. The van der Waals surface area contributed by atoms with E-state index < -0.39 is 0 Å². The fraction of sp³-hybridized carbons (Fsp3) is 0.450. The van der Waals surface area contributed by atoms with E-state index in [-0.39, 0.29) is 16.2 Å². The first kappa shape index (κ1) is 16.4. The van der Waals surface area contributed by atoms with Gasteiger partial charge in [0.25, 0.3) is 5.56 Å². The summed E-state index contributed by atoms with van der Waals surface area (Å²) in [6.45, 7) is 7.93. The molecule has 0 amide bonds. The summed E-state index contributed by atoms with van der Waals surface area (Å²) in [6, 6.07) is 5.73. The van der Waals surface area contributed by atoms with Crippen molar-refractivity contribution in [3.8, 4) is 11.8 Å². The second-order valence-corrected chi connectivity index (χ2v) is 8.95. The van der Waals surface area contributed by atoms with Crippen molar-refractivity contribution in [2.24, 2.45) is 10.4 Å². The summed E-state index contributed by atoms with van der Waals surface area (Å²) < 4.78 is 1.85. The van der Waals surface area contributed by atoms with Crippen molar-refractivity contribution < 1.29 is 0 Å². The monoisotopic (exact) mass is 351 g/mol. The number of aromatic nitrogens is 2. The maximum atomic E-state index is 12.8. The van der Waals surface area contributed by atoms with Gasteiger partial charge in [-0.1, -0.05) is 37.5 Å². The first-order valence-electron chi connectivity index (χ1n) is 8.64. The topological polar surface area (TPSA) is 47.2 Å². The summed E-state index contributed by atoms with van der Waals surface area (Å²) in [7, 11) is 0. The van der Waals surface area contributed by atoms with Crippen molar-refractivity contribution in [2.75, 3.05) is 6.54 Å². The summed E-state index contributed by atoms with van der Waals surface area (Å²) in [5.41, 5.74) is 1.89. The van der Waals surface area contributed by atoms with Gasteiger partial charge in [-0.15, -0.1) is 0 Å². The Kier molecular flexibility index (Phi) is 3.96. The summed E-state index contributed by atoms with van der Waals surface area (Å²) in [4.78, 5) is 22.0. The number of nitrogens with zero attached hydrogens (tertiary/aromatic N) is 3. The predicted octanol–water partition coefficient (Wildman–Crippen LogP) is 3.25. The fourth-order valence-electron chi connectivity index (χ4n) is 3.39. The maximum absolute atomic E-state index is 12.8. The van der Waals surface area contributed by atoms with Crippen molar-refractivity contribution in [1.82, 2.24) is 9.55 Å². The van der Waals surface area contributed by atoms with Crippen molar-refractivity contribution in [1.29, 1.82) is 0 Å². The van der Waals surface area contributed by atoms with Crippen molar-refractivity contribution >= 4 is 27.7 Å². The van der Waals surface area contributed by atoms with Gasteiger partial charge in [-0.25, -0.2) is 4.98 Å². The molecule has 4 rings (SSSR count). The Morgan fingerprint density at radius 1 is 1.36 bits per heavy atom. The molecule has 2 aromatic rings. The van der Waals surface area contributed by atoms with Crippen LogP contribution in [0.25, 0.3) is 10.9 Å². The molecule has 2 aliphatic rings. The Morgan fingerprint density at radius 2 is 2.20 bits per heavy atom. The summed E-state index contributed by atoms with van der Waals surface area (Å²) in [6.07, 6.45) is 1.91. The number of benzene rings is 1. The molecule has 4 nitrogen and oxygen atoms in total. The van der Waals surface area contributed by atoms with Gasteiger partial charge in [0.1, 0.15) is 5.82 Å². The summed E-state index contributed by atoms with van der Waals surface area (Å²) in [5.74, 6) is 7.39. The minimum Gasteiger partial charge on any atom is -0.296 e. The first-order chi connectivity index (χ1) is 11.9. The lowest BCUT2D eigenvalue weighted by Crippen LogP contribution is -2.36. The zero-order chi connectivity index (χ0) is 17.6. The van der Waals surface area contributed by atoms with Crippen LogP contribution in [0.15, 0.2) is 28.0 Å². The SMILES string of the molecule is CC1=NCC(C#Cc2ccc3c(=O)n4c(nc3c2)CCC(C)(C)C4)S1. The third-order valence-electron chi connectivity index (χ3n) is 4.82. The number of aliphatic imine (C=N–C) groups is 1. The van der Waals surface area contributed by atoms with E-state index in [1.54, 1.807) is 11.8 Å². The fourth-order valence-corrected chi connectivity index (χ4v) is 4.21. The van der Waals surface area contributed by atoms with Crippen molar-refractivity contribution in [3.63, 3.8) is 0 Å². The predicted molar refractivity (Wildman–Crippen MR) is 104 cm³/mol. The van der Waals surface area contributed by atoms with E-state index in [1.165, 1.54) is 0 Å². The lowest BCUT2D eigenvalue weighted by atomic mass is 9.85. The zero-order valence-corrected chi connectivity index (χ0v) is 15.6. The van der Waals surface area contributed by atoms with Gasteiger partial charge in [0.2, 0.25) is 0 Å². The Balaban J connectivity index is 1.70. The van der Waals surface area contributed by atoms with Crippen LogP contribution in [0, 0.1) is 17.3 Å². The van der Waals surface area contributed by atoms with Gasteiger partial charge < -0.3 is 0 Å². The van der Waals surface area contributed by atoms with Crippen molar-refractivity contribution in [2.45, 2.75) is 45.4 Å². The third kappa shape index (κ3) is 3.23. The van der Waals surface area contributed by atoms with Gasteiger partial charge in [-0.05, 0) is 37.0 Å². The number of rotatable bonds is 0. The minimum absolute atomic E-state index is 0.0719. The van der Waals surface area contributed by atoms with E-state index in [2.05, 4.69) is 30.7 Å². The molecule has 25 heavy (non-hydrogen) atoms. The van der Waals surface area contributed by atoms with Gasteiger partial charge in [0, 0.05) is 18.5 Å². The number of hydrogen-bond donors (Lipinski definition) is 0. The molecule has 0 spiro atoms. The maximum Gasteiger partial charge on any atom is 0.261 e. The highest BCUT2D eigenvalue weighted by atomic mass is 32.2. The standard InChI is InChI=1S/C20H21N3OS/c1-13-21-11-15(25-13)6-4-14-5-7-16-17(10-14)22-18-8-9-20(2,3)12-23(18)19(16)24/h5,7,10,15H,8-9,11-12H2,1-3H3. The molecule has 0 fully saturated rings. The van der Waals surface area contributed by atoms with Crippen LogP contribution in [-0.2, 0) is 13.0 Å². The Hall–Kier alpha value is -2.06. The Bertz CT molecular complexity index is 1010. The van der Waals surface area contributed by atoms with E-state index >= 15 is 0 Å². The lowest BCUT2D eigenvalue weighted by Gasteiger charge is -2.31. The zero-order valence-electron chi connectivity index (χ0n) is 14.8. The number of fused-ring (bicyclic) bond motifs is 2.